The van der Waals surface area contributed by atoms with Gasteiger partial charge in [-0.25, -0.2) is 5.84 Å². The van der Waals surface area contributed by atoms with Crippen molar-refractivity contribution in [2.24, 2.45) is 5.84 Å². The van der Waals surface area contributed by atoms with Crippen molar-refractivity contribution in [3.05, 3.63) is 0 Å². The first kappa shape index (κ1) is 13.4. The number of rotatable bonds is 6. The Balaban J connectivity index is 3.77. The summed E-state index contributed by atoms with van der Waals surface area (Å²) in [4.78, 5) is 13.2. The molecule has 0 aliphatic heterocycles. The third kappa shape index (κ3) is 6.82. The van der Waals surface area contributed by atoms with Gasteiger partial charge < -0.3 is 9.38 Å². The summed E-state index contributed by atoms with van der Waals surface area (Å²) in [7, 11) is 8.16. The highest BCUT2D eigenvalue weighted by molar-refractivity contribution is 5.76. The lowest BCUT2D eigenvalue weighted by Gasteiger charge is -2.29. The van der Waals surface area contributed by atoms with Crippen LogP contribution in [-0.2, 0) is 4.79 Å². The Morgan fingerprint density at radius 2 is 2.00 bits per heavy atom. The zero-order valence-electron chi connectivity index (χ0n) is 9.71. The van der Waals surface area contributed by atoms with Crippen molar-refractivity contribution < 1.29 is 9.28 Å². The molecule has 0 fully saturated rings. The predicted molar refractivity (Wildman–Crippen MR) is 57.3 cm³/mol. The summed E-state index contributed by atoms with van der Waals surface area (Å²) in [5, 5.41) is 0. The van der Waals surface area contributed by atoms with Gasteiger partial charge in [-0.05, 0) is 14.1 Å². The van der Waals surface area contributed by atoms with E-state index < -0.39 is 0 Å². The Kier molecular flexibility index (Phi) is 5.68. The molecule has 0 saturated heterocycles. The van der Waals surface area contributed by atoms with Gasteiger partial charge in [-0.1, -0.05) is 0 Å². The molecule has 3 N–H and O–H groups in total. The van der Waals surface area contributed by atoms with E-state index in [1.807, 2.05) is 28.2 Å². The summed E-state index contributed by atoms with van der Waals surface area (Å²) in [6.45, 7) is 2.46. The maximum Gasteiger partial charge on any atom is 0.289 e. The normalized spacial score (nSPS) is 11.9. The fourth-order valence-corrected chi connectivity index (χ4v) is 1.33. The van der Waals surface area contributed by atoms with Crippen LogP contribution in [0, 0.1) is 0 Å². The van der Waals surface area contributed by atoms with Crippen LogP contribution in [0.2, 0.25) is 0 Å². The smallest absolute Gasteiger partial charge is 0.289 e. The van der Waals surface area contributed by atoms with Crippen molar-refractivity contribution in [2.45, 2.75) is 6.42 Å². The molecule has 5 nitrogen and oxygen atoms in total. The van der Waals surface area contributed by atoms with E-state index in [9.17, 15) is 4.79 Å². The minimum absolute atomic E-state index is 0.111. The number of hydrazine groups is 1. The molecule has 0 radical (unpaired) electrons. The number of carbonyl (C=O) groups excluding carboxylic acids is 1. The van der Waals surface area contributed by atoms with Gasteiger partial charge in [-0.15, -0.1) is 0 Å². The predicted octanol–water partition coefficient (Wildman–Crippen LogP) is -0.996. The van der Waals surface area contributed by atoms with Gasteiger partial charge in [-0.2, -0.15) is 0 Å². The molecule has 0 rings (SSSR count). The minimum Gasteiger partial charge on any atom is -0.321 e. The van der Waals surface area contributed by atoms with Gasteiger partial charge in [0, 0.05) is 13.0 Å². The third-order valence-corrected chi connectivity index (χ3v) is 2.10. The van der Waals surface area contributed by atoms with Gasteiger partial charge in [0.15, 0.2) is 6.54 Å². The Hall–Kier alpha value is -0.650. The summed E-state index contributed by atoms with van der Waals surface area (Å²) in [5.74, 6) is 4.93. The zero-order chi connectivity index (χ0) is 11.2. The highest BCUT2D eigenvalue weighted by Crippen LogP contribution is 1.99. The Bertz CT molecular complexity index is 180. The van der Waals surface area contributed by atoms with E-state index in [4.69, 9.17) is 5.84 Å². The van der Waals surface area contributed by atoms with Gasteiger partial charge in [0.05, 0.1) is 20.6 Å². The fourth-order valence-electron chi connectivity index (χ4n) is 1.33. The van der Waals surface area contributed by atoms with Crippen LogP contribution in [0.25, 0.3) is 0 Å². The molecule has 0 heterocycles. The Labute approximate surface area is 86.4 Å². The van der Waals surface area contributed by atoms with Gasteiger partial charge in [0.25, 0.3) is 5.91 Å². The number of hydrogen-bond acceptors (Lipinski definition) is 3. The average Bonchev–Trinajstić information content (AvgIpc) is 2.02. The third-order valence-electron chi connectivity index (χ3n) is 2.10. The summed E-state index contributed by atoms with van der Waals surface area (Å²) < 4.78 is 0.677. The summed E-state index contributed by atoms with van der Waals surface area (Å²) in [6.07, 6.45) is 1.08. The number of nitrogens with zero attached hydrogens (tertiary/aromatic N) is 2. The second-order valence-corrected chi connectivity index (χ2v) is 4.54. The molecule has 0 bridgehead atoms. The number of hydrogen-bond donors (Lipinski definition) is 2. The van der Waals surface area contributed by atoms with Crippen molar-refractivity contribution >= 4 is 5.91 Å². The summed E-state index contributed by atoms with van der Waals surface area (Å²) in [6, 6.07) is 0. The van der Waals surface area contributed by atoms with Crippen LogP contribution < -0.4 is 11.3 Å². The number of carbonyl (C=O) groups is 1. The lowest BCUT2D eigenvalue weighted by Crippen LogP contribution is -2.49. The van der Waals surface area contributed by atoms with Crippen molar-refractivity contribution in [1.82, 2.24) is 10.3 Å². The number of quaternary nitrogens is 1. The molecule has 1 amide bonds. The lowest BCUT2D eigenvalue weighted by atomic mass is 10.3. The molecular formula is C9H23N4O+. The molecule has 0 aliphatic carbocycles. The summed E-state index contributed by atoms with van der Waals surface area (Å²) >= 11 is 0. The van der Waals surface area contributed by atoms with E-state index in [2.05, 4.69) is 10.3 Å². The minimum atomic E-state index is -0.111. The molecular weight excluding hydrogens is 180 g/mol. The molecule has 0 unspecified atom stereocenters. The molecule has 84 valence electrons. The number of likely N-dealkylation sites (N-methyl/N-ethyl adjacent to an activating group) is 1. The van der Waals surface area contributed by atoms with Crippen LogP contribution >= 0.6 is 0 Å². The van der Waals surface area contributed by atoms with Crippen molar-refractivity contribution in [2.75, 3.05) is 47.8 Å². The Morgan fingerprint density at radius 3 is 2.43 bits per heavy atom. The SMILES string of the molecule is CN(C)CCC[N+](C)(C)CC(=O)NN. The molecule has 14 heavy (non-hydrogen) atoms. The van der Waals surface area contributed by atoms with E-state index in [0.29, 0.717) is 11.0 Å². The first-order valence-corrected chi connectivity index (χ1v) is 4.83. The van der Waals surface area contributed by atoms with E-state index in [1.165, 1.54) is 0 Å². The van der Waals surface area contributed by atoms with E-state index in [0.717, 1.165) is 19.5 Å². The molecule has 0 spiro atoms. The summed E-state index contributed by atoms with van der Waals surface area (Å²) in [5.41, 5.74) is 2.16. The molecule has 0 aliphatic rings. The highest BCUT2D eigenvalue weighted by Gasteiger charge is 2.18. The quantitative estimate of drug-likeness (QED) is 0.252. The van der Waals surface area contributed by atoms with Crippen molar-refractivity contribution in [3.8, 4) is 0 Å². The van der Waals surface area contributed by atoms with Crippen LogP contribution in [0.3, 0.4) is 0 Å². The first-order valence-electron chi connectivity index (χ1n) is 4.83. The van der Waals surface area contributed by atoms with Crippen LogP contribution in [0.15, 0.2) is 0 Å². The zero-order valence-corrected chi connectivity index (χ0v) is 9.71. The Morgan fingerprint density at radius 1 is 1.43 bits per heavy atom. The topological polar surface area (TPSA) is 58.4 Å². The molecule has 0 atom stereocenters. The number of nitrogens with two attached hydrogens (primary N) is 1. The van der Waals surface area contributed by atoms with E-state index in [-0.39, 0.29) is 5.91 Å². The van der Waals surface area contributed by atoms with E-state index in [1.54, 1.807) is 0 Å². The van der Waals surface area contributed by atoms with Gasteiger partial charge in [0.2, 0.25) is 0 Å². The molecule has 0 aromatic heterocycles. The molecule has 5 heteroatoms. The average molecular weight is 203 g/mol. The van der Waals surface area contributed by atoms with Crippen LogP contribution in [0.1, 0.15) is 6.42 Å². The standard InChI is InChI=1S/C9H22N4O/c1-12(2)6-5-7-13(3,4)8-9(14)11-10/h5-8,10H2,1-4H3/p+1. The van der Waals surface area contributed by atoms with Crippen LogP contribution in [0.4, 0.5) is 0 Å². The second-order valence-electron chi connectivity index (χ2n) is 4.54. The van der Waals surface area contributed by atoms with Crippen molar-refractivity contribution in [3.63, 3.8) is 0 Å². The van der Waals surface area contributed by atoms with Gasteiger partial charge >= 0.3 is 0 Å². The number of nitrogens with one attached hydrogen (secondary N) is 1. The van der Waals surface area contributed by atoms with E-state index >= 15 is 0 Å². The van der Waals surface area contributed by atoms with Crippen LogP contribution in [0.5, 0.6) is 0 Å². The monoisotopic (exact) mass is 203 g/mol. The second kappa shape index (κ2) is 5.95. The van der Waals surface area contributed by atoms with Gasteiger partial charge in [0.1, 0.15) is 0 Å². The molecule has 0 aromatic carbocycles. The maximum atomic E-state index is 11.1. The van der Waals surface area contributed by atoms with Gasteiger partial charge in [-0.3, -0.25) is 10.2 Å². The maximum absolute atomic E-state index is 11.1. The van der Waals surface area contributed by atoms with Crippen molar-refractivity contribution in [1.29, 1.82) is 0 Å². The first-order chi connectivity index (χ1) is 6.37. The lowest BCUT2D eigenvalue weighted by molar-refractivity contribution is -0.882. The molecule has 0 aromatic rings. The number of amides is 1. The highest BCUT2D eigenvalue weighted by atomic mass is 16.2. The fraction of sp³-hybridized carbons (Fsp3) is 0.889. The van der Waals surface area contributed by atoms with Crippen LogP contribution in [-0.4, -0.2) is 63.1 Å². The largest absolute Gasteiger partial charge is 0.321 e. The molecule has 0 saturated carbocycles.